The molecule has 0 aliphatic carbocycles. The van der Waals surface area contributed by atoms with Gasteiger partial charge in [0.05, 0.1) is 0 Å². The largest absolute Gasteiger partial charge is 0.315 e. The van der Waals surface area contributed by atoms with Crippen molar-refractivity contribution in [3.05, 3.63) is 0 Å². The number of rotatable bonds is 7. The molecule has 0 aromatic carbocycles. The maximum Gasteiger partial charge on any atom is 0.0244 e. The number of thioether (sulfide) groups is 1. The lowest BCUT2D eigenvalue weighted by Crippen LogP contribution is -2.51. The molecule has 2 atom stereocenters. The first-order chi connectivity index (χ1) is 8.54. The van der Waals surface area contributed by atoms with Crippen LogP contribution in [0.3, 0.4) is 0 Å². The summed E-state index contributed by atoms with van der Waals surface area (Å²) in [6, 6.07) is 0.707. The van der Waals surface area contributed by atoms with Crippen LogP contribution in [0.1, 0.15) is 41.0 Å². The van der Waals surface area contributed by atoms with Crippen molar-refractivity contribution >= 4 is 11.8 Å². The zero-order chi connectivity index (χ0) is 13.5. The van der Waals surface area contributed by atoms with Crippen LogP contribution in [0.2, 0.25) is 0 Å². The average molecular weight is 273 g/mol. The minimum absolute atomic E-state index is 0.707. The van der Waals surface area contributed by atoms with Gasteiger partial charge in [-0.1, -0.05) is 34.6 Å². The highest BCUT2D eigenvalue weighted by Gasteiger charge is 2.27. The van der Waals surface area contributed by atoms with E-state index in [0.29, 0.717) is 6.04 Å². The Bertz CT molecular complexity index is 219. The fraction of sp³-hybridized carbons (Fsp3) is 1.00. The van der Waals surface area contributed by atoms with Gasteiger partial charge in [0.2, 0.25) is 0 Å². The Morgan fingerprint density at radius 1 is 1.22 bits per heavy atom. The van der Waals surface area contributed by atoms with Crippen LogP contribution >= 0.6 is 11.8 Å². The summed E-state index contributed by atoms with van der Waals surface area (Å²) in [4.78, 5) is 2.72. The van der Waals surface area contributed by atoms with Gasteiger partial charge in [0.25, 0.3) is 0 Å². The molecular weight excluding hydrogens is 240 g/mol. The quantitative estimate of drug-likeness (QED) is 0.767. The summed E-state index contributed by atoms with van der Waals surface area (Å²) in [7, 11) is 0. The molecule has 0 aromatic rings. The molecule has 1 fully saturated rings. The molecule has 2 nitrogen and oxygen atoms in total. The Balaban J connectivity index is 2.44. The van der Waals surface area contributed by atoms with E-state index in [-0.39, 0.29) is 0 Å². The molecule has 108 valence electrons. The van der Waals surface area contributed by atoms with Gasteiger partial charge in [-0.3, -0.25) is 4.90 Å². The molecule has 0 spiro atoms. The van der Waals surface area contributed by atoms with E-state index in [1.54, 1.807) is 0 Å². The van der Waals surface area contributed by atoms with Crippen LogP contribution in [0.5, 0.6) is 0 Å². The molecule has 1 heterocycles. The van der Waals surface area contributed by atoms with E-state index in [2.05, 4.69) is 56.6 Å². The first kappa shape index (κ1) is 16.3. The van der Waals surface area contributed by atoms with E-state index in [0.717, 1.165) is 30.2 Å². The standard InChI is InChI=1S/C15H32N2S/c1-6-14-11-17(7-8-18-14)15(13(4)5)10-16-9-12(2)3/h12-16H,6-11H2,1-5H3. The van der Waals surface area contributed by atoms with Gasteiger partial charge in [0, 0.05) is 36.7 Å². The Hall–Kier alpha value is 0.270. The third kappa shape index (κ3) is 5.50. The second-order valence-electron chi connectivity index (χ2n) is 6.26. The zero-order valence-corrected chi connectivity index (χ0v) is 13.7. The summed E-state index contributed by atoms with van der Waals surface area (Å²) >= 11 is 2.16. The van der Waals surface area contributed by atoms with Crippen molar-refractivity contribution in [1.29, 1.82) is 0 Å². The van der Waals surface area contributed by atoms with Crippen molar-refractivity contribution in [2.75, 3.05) is 31.9 Å². The highest BCUT2D eigenvalue weighted by atomic mass is 32.2. The molecule has 1 N–H and O–H groups in total. The molecule has 0 saturated carbocycles. The molecule has 1 saturated heterocycles. The topological polar surface area (TPSA) is 15.3 Å². The van der Waals surface area contributed by atoms with Crippen molar-refractivity contribution in [1.82, 2.24) is 10.2 Å². The van der Waals surface area contributed by atoms with Gasteiger partial charge in [0.1, 0.15) is 0 Å². The fourth-order valence-electron chi connectivity index (χ4n) is 2.60. The molecule has 18 heavy (non-hydrogen) atoms. The first-order valence-electron chi connectivity index (χ1n) is 7.60. The SMILES string of the molecule is CCC1CN(C(CNCC(C)C)C(C)C)CCS1. The molecule has 0 aromatic heterocycles. The van der Waals surface area contributed by atoms with E-state index < -0.39 is 0 Å². The van der Waals surface area contributed by atoms with Gasteiger partial charge in [-0.15, -0.1) is 0 Å². The predicted molar refractivity (Wildman–Crippen MR) is 84.4 cm³/mol. The van der Waals surface area contributed by atoms with Crippen molar-refractivity contribution in [3.8, 4) is 0 Å². The van der Waals surface area contributed by atoms with Crippen LogP contribution in [0, 0.1) is 11.8 Å². The van der Waals surface area contributed by atoms with Crippen molar-refractivity contribution < 1.29 is 0 Å². The third-order valence-electron chi connectivity index (χ3n) is 3.77. The highest BCUT2D eigenvalue weighted by Crippen LogP contribution is 2.24. The van der Waals surface area contributed by atoms with Crippen LogP contribution in [0.25, 0.3) is 0 Å². The highest BCUT2D eigenvalue weighted by molar-refractivity contribution is 8.00. The number of hydrogen-bond donors (Lipinski definition) is 1. The van der Waals surface area contributed by atoms with Gasteiger partial charge in [0.15, 0.2) is 0 Å². The zero-order valence-electron chi connectivity index (χ0n) is 12.9. The minimum Gasteiger partial charge on any atom is -0.315 e. The van der Waals surface area contributed by atoms with Crippen LogP contribution in [0.4, 0.5) is 0 Å². The summed E-state index contributed by atoms with van der Waals surface area (Å²) < 4.78 is 0. The Morgan fingerprint density at radius 2 is 1.94 bits per heavy atom. The molecule has 2 unspecified atom stereocenters. The normalized spacial score (nSPS) is 23.8. The minimum atomic E-state index is 0.707. The van der Waals surface area contributed by atoms with Gasteiger partial charge in [-0.05, 0) is 24.8 Å². The molecule has 0 radical (unpaired) electrons. The summed E-state index contributed by atoms with van der Waals surface area (Å²) in [6.07, 6.45) is 1.31. The van der Waals surface area contributed by atoms with Gasteiger partial charge < -0.3 is 5.32 Å². The van der Waals surface area contributed by atoms with E-state index in [1.807, 2.05) is 0 Å². The maximum atomic E-state index is 3.65. The third-order valence-corrected chi connectivity index (χ3v) is 5.14. The summed E-state index contributed by atoms with van der Waals surface area (Å²) in [5.41, 5.74) is 0. The van der Waals surface area contributed by atoms with Gasteiger partial charge >= 0.3 is 0 Å². The lowest BCUT2D eigenvalue weighted by Gasteiger charge is -2.40. The van der Waals surface area contributed by atoms with Gasteiger partial charge in [-0.2, -0.15) is 11.8 Å². The first-order valence-corrected chi connectivity index (χ1v) is 8.65. The van der Waals surface area contributed by atoms with Gasteiger partial charge in [-0.25, -0.2) is 0 Å². The predicted octanol–water partition coefficient (Wildman–Crippen LogP) is 3.08. The molecular formula is C15H32N2S. The Labute approximate surface area is 118 Å². The van der Waals surface area contributed by atoms with Crippen LogP contribution in [0.15, 0.2) is 0 Å². The fourth-order valence-corrected chi connectivity index (χ4v) is 3.80. The Morgan fingerprint density at radius 3 is 2.50 bits per heavy atom. The molecule has 3 heteroatoms. The smallest absolute Gasteiger partial charge is 0.0244 e. The van der Waals surface area contributed by atoms with E-state index in [1.165, 1.54) is 25.3 Å². The van der Waals surface area contributed by atoms with Crippen LogP contribution in [-0.2, 0) is 0 Å². The molecule has 1 aliphatic heterocycles. The maximum absolute atomic E-state index is 3.65. The molecule has 0 amide bonds. The van der Waals surface area contributed by atoms with Crippen molar-refractivity contribution in [2.45, 2.75) is 52.3 Å². The molecule has 1 rings (SSSR count). The number of nitrogens with zero attached hydrogens (tertiary/aromatic N) is 1. The molecule has 1 aliphatic rings. The van der Waals surface area contributed by atoms with Crippen molar-refractivity contribution in [3.63, 3.8) is 0 Å². The second kappa shape index (κ2) is 8.44. The number of nitrogens with one attached hydrogen (secondary N) is 1. The van der Waals surface area contributed by atoms with E-state index in [4.69, 9.17) is 0 Å². The van der Waals surface area contributed by atoms with Crippen molar-refractivity contribution in [2.24, 2.45) is 11.8 Å². The lowest BCUT2D eigenvalue weighted by molar-refractivity contribution is 0.155. The summed E-state index contributed by atoms with van der Waals surface area (Å²) in [6.45, 7) is 16.5. The van der Waals surface area contributed by atoms with E-state index in [9.17, 15) is 0 Å². The second-order valence-corrected chi connectivity index (χ2v) is 7.67. The lowest BCUT2D eigenvalue weighted by atomic mass is 10.0. The number of hydrogen-bond acceptors (Lipinski definition) is 3. The summed E-state index contributed by atoms with van der Waals surface area (Å²) in [5.74, 6) is 2.80. The van der Waals surface area contributed by atoms with Crippen LogP contribution < -0.4 is 5.32 Å². The summed E-state index contributed by atoms with van der Waals surface area (Å²) in [5, 5.41) is 4.50. The molecule has 0 bridgehead atoms. The van der Waals surface area contributed by atoms with Crippen LogP contribution in [-0.4, -0.2) is 48.1 Å². The Kier molecular flexibility index (Phi) is 7.66. The monoisotopic (exact) mass is 272 g/mol. The average Bonchev–Trinajstić information content (AvgIpc) is 2.34. The van der Waals surface area contributed by atoms with E-state index >= 15 is 0 Å².